The van der Waals surface area contributed by atoms with E-state index in [0.717, 1.165) is 16.7 Å². The minimum absolute atomic E-state index is 0.00891. The Balaban J connectivity index is 2.38. The molecule has 1 aromatic rings. The monoisotopic (exact) mass is 193 g/mol. The molecule has 0 amide bonds. The lowest BCUT2D eigenvalue weighted by atomic mass is 10.0. The van der Waals surface area contributed by atoms with Gasteiger partial charge in [0, 0.05) is 6.54 Å². The molecule has 1 heterocycles. The van der Waals surface area contributed by atoms with Crippen LogP contribution in [0.2, 0.25) is 0 Å². The van der Waals surface area contributed by atoms with E-state index in [9.17, 15) is 4.79 Å². The van der Waals surface area contributed by atoms with Crippen molar-refractivity contribution >= 4 is 5.97 Å². The van der Waals surface area contributed by atoms with Crippen LogP contribution in [0.1, 0.15) is 22.7 Å². The van der Waals surface area contributed by atoms with Crippen molar-refractivity contribution < 1.29 is 15.0 Å². The second kappa shape index (κ2) is 3.40. The van der Waals surface area contributed by atoms with E-state index in [1.165, 1.54) is 0 Å². The molecule has 0 bridgehead atoms. The highest BCUT2D eigenvalue weighted by atomic mass is 16.4. The smallest absolute Gasteiger partial charge is 0.325 e. The highest BCUT2D eigenvalue weighted by Crippen LogP contribution is 2.26. The van der Waals surface area contributed by atoms with Gasteiger partial charge in [0.1, 0.15) is 6.04 Å². The van der Waals surface area contributed by atoms with Gasteiger partial charge in [0.05, 0.1) is 6.61 Å². The van der Waals surface area contributed by atoms with Crippen LogP contribution in [-0.4, -0.2) is 16.2 Å². The fourth-order valence-electron chi connectivity index (χ4n) is 1.73. The Morgan fingerprint density at radius 1 is 1.57 bits per heavy atom. The minimum atomic E-state index is -0.861. The third-order valence-corrected chi connectivity index (χ3v) is 2.44. The van der Waals surface area contributed by atoms with Crippen molar-refractivity contribution in [2.75, 3.05) is 0 Å². The first-order chi connectivity index (χ1) is 6.72. The maximum Gasteiger partial charge on any atom is 0.325 e. The first-order valence-electron chi connectivity index (χ1n) is 4.41. The molecule has 4 heteroatoms. The van der Waals surface area contributed by atoms with Crippen molar-refractivity contribution in [3.63, 3.8) is 0 Å². The average Bonchev–Trinajstić information content (AvgIpc) is 2.59. The number of aliphatic hydroxyl groups excluding tert-OH is 1. The topological polar surface area (TPSA) is 69.6 Å². The first-order valence-corrected chi connectivity index (χ1v) is 4.41. The lowest BCUT2D eigenvalue weighted by molar-refractivity contribution is -0.139. The van der Waals surface area contributed by atoms with Crippen molar-refractivity contribution in [3.8, 4) is 0 Å². The Hall–Kier alpha value is -1.39. The van der Waals surface area contributed by atoms with Gasteiger partial charge in [0.2, 0.25) is 0 Å². The van der Waals surface area contributed by atoms with Crippen LogP contribution in [0.15, 0.2) is 18.2 Å². The predicted octanol–water partition coefficient (Wildman–Crippen LogP) is 0.408. The fraction of sp³-hybridized carbons (Fsp3) is 0.300. The Labute approximate surface area is 81.2 Å². The molecule has 1 aromatic carbocycles. The zero-order valence-corrected chi connectivity index (χ0v) is 7.53. The highest BCUT2D eigenvalue weighted by Gasteiger charge is 2.27. The Bertz CT molecular complexity index is 376. The van der Waals surface area contributed by atoms with Gasteiger partial charge in [0.25, 0.3) is 0 Å². The lowest BCUT2D eigenvalue weighted by Gasteiger charge is -2.05. The summed E-state index contributed by atoms with van der Waals surface area (Å²) >= 11 is 0. The molecule has 0 radical (unpaired) electrons. The molecular weight excluding hydrogens is 182 g/mol. The number of fused-ring (bicyclic) bond motifs is 1. The molecule has 1 aliphatic heterocycles. The number of hydrogen-bond donors (Lipinski definition) is 3. The molecule has 2 rings (SSSR count). The molecule has 0 spiro atoms. The van der Waals surface area contributed by atoms with Crippen LogP contribution in [0.3, 0.4) is 0 Å². The summed E-state index contributed by atoms with van der Waals surface area (Å²) in [5, 5.41) is 20.7. The van der Waals surface area contributed by atoms with Gasteiger partial charge in [0.15, 0.2) is 0 Å². The van der Waals surface area contributed by atoms with E-state index in [0.29, 0.717) is 6.54 Å². The molecule has 74 valence electrons. The molecule has 1 atom stereocenters. The third kappa shape index (κ3) is 1.38. The van der Waals surface area contributed by atoms with Crippen LogP contribution in [0.25, 0.3) is 0 Å². The van der Waals surface area contributed by atoms with Gasteiger partial charge in [-0.2, -0.15) is 0 Å². The van der Waals surface area contributed by atoms with Crippen LogP contribution in [-0.2, 0) is 17.9 Å². The Morgan fingerprint density at radius 2 is 2.36 bits per heavy atom. The zero-order chi connectivity index (χ0) is 10.1. The first kappa shape index (κ1) is 9.18. The SMILES string of the molecule is O=C(O)C1NCc2cc(CO)ccc21. The quantitative estimate of drug-likeness (QED) is 0.636. The van der Waals surface area contributed by atoms with E-state index >= 15 is 0 Å². The van der Waals surface area contributed by atoms with Gasteiger partial charge < -0.3 is 10.2 Å². The fourth-order valence-corrected chi connectivity index (χ4v) is 1.73. The van der Waals surface area contributed by atoms with E-state index in [2.05, 4.69) is 5.32 Å². The number of aliphatic hydroxyl groups is 1. The normalized spacial score (nSPS) is 19.4. The molecule has 1 aliphatic rings. The molecule has 1 unspecified atom stereocenters. The number of hydrogen-bond acceptors (Lipinski definition) is 3. The van der Waals surface area contributed by atoms with Gasteiger partial charge in [-0.05, 0) is 16.7 Å². The van der Waals surface area contributed by atoms with Crippen LogP contribution >= 0.6 is 0 Å². The number of rotatable bonds is 2. The number of carboxylic acid groups (broad SMARTS) is 1. The highest BCUT2D eigenvalue weighted by molar-refractivity contribution is 5.77. The second-order valence-electron chi connectivity index (χ2n) is 3.34. The summed E-state index contributed by atoms with van der Waals surface area (Å²) in [4.78, 5) is 10.8. The molecule has 0 aliphatic carbocycles. The van der Waals surface area contributed by atoms with Gasteiger partial charge in [-0.1, -0.05) is 18.2 Å². The van der Waals surface area contributed by atoms with Crippen molar-refractivity contribution in [2.45, 2.75) is 19.2 Å². The summed E-state index contributed by atoms with van der Waals surface area (Å²) in [6, 6.07) is 4.75. The van der Waals surface area contributed by atoms with Gasteiger partial charge in [-0.15, -0.1) is 0 Å². The van der Waals surface area contributed by atoms with E-state index in [1.807, 2.05) is 6.07 Å². The number of nitrogens with one attached hydrogen (secondary N) is 1. The number of aliphatic carboxylic acids is 1. The average molecular weight is 193 g/mol. The third-order valence-electron chi connectivity index (χ3n) is 2.44. The molecule has 3 N–H and O–H groups in total. The maximum absolute atomic E-state index is 10.8. The summed E-state index contributed by atoms with van der Waals surface area (Å²) in [7, 11) is 0. The largest absolute Gasteiger partial charge is 0.480 e. The molecule has 0 aromatic heterocycles. The Morgan fingerprint density at radius 3 is 3.00 bits per heavy atom. The predicted molar refractivity (Wildman–Crippen MR) is 49.6 cm³/mol. The maximum atomic E-state index is 10.8. The van der Waals surface area contributed by atoms with E-state index in [-0.39, 0.29) is 6.61 Å². The lowest BCUT2D eigenvalue weighted by Crippen LogP contribution is -2.21. The van der Waals surface area contributed by atoms with Crippen LogP contribution in [0.5, 0.6) is 0 Å². The Kier molecular flexibility index (Phi) is 2.23. The number of carboxylic acids is 1. The minimum Gasteiger partial charge on any atom is -0.480 e. The summed E-state index contributed by atoms with van der Waals surface area (Å²) in [6.45, 7) is 0.547. The van der Waals surface area contributed by atoms with Gasteiger partial charge in [-0.25, -0.2) is 0 Å². The standard InChI is InChI=1S/C10H11NO3/c12-5-6-1-2-8-7(3-6)4-11-9(8)10(13)14/h1-3,9,11-12H,4-5H2,(H,13,14). The van der Waals surface area contributed by atoms with Crippen LogP contribution in [0.4, 0.5) is 0 Å². The van der Waals surface area contributed by atoms with Crippen LogP contribution in [0, 0.1) is 0 Å². The molecule has 0 saturated carbocycles. The molecule has 4 nitrogen and oxygen atoms in total. The molecule has 14 heavy (non-hydrogen) atoms. The summed E-state index contributed by atoms with van der Waals surface area (Å²) in [5.74, 6) is -0.861. The summed E-state index contributed by atoms with van der Waals surface area (Å²) < 4.78 is 0. The van der Waals surface area contributed by atoms with Crippen molar-refractivity contribution in [2.24, 2.45) is 0 Å². The van der Waals surface area contributed by atoms with Crippen LogP contribution < -0.4 is 5.32 Å². The van der Waals surface area contributed by atoms with E-state index in [4.69, 9.17) is 10.2 Å². The molecule has 0 saturated heterocycles. The van der Waals surface area contributed by atoms with E-state index < -0.39 is 12.0 Å². The second-order valence-corrected chi connectivity index (χ2v) is 3.34. The molecule has 0 fully saturated rings. The van der Waals surface area contributed by atoms with Crippen molar-refractivity contribution in [1.82, 2.24) is 5.32 Å². The number of carbonyl (C=O) groups is 1. The molecular formula is C10H11NO3. The number of benzene rings is 1. The summed E-state index contributed by atoms with van der Waals surface area (Å²) in [5.41, 5.74) is 2.58. The van der Waals surface area contributed by atoms with E-state index in [1.54, 1.807) is 12.1 Å². The van der Waals surface area contributed by atoms with Gasteiger partial charge in [-0.3, -0.25) is 10.1 Å². The zero-order valence-electron chi connectivity index (χ0n) is 7.53. The van der Waals surface area contributed by atoms with Crippen molar-refractivity contribution in [3.05, 3.63) is 34.9 Å². The van der Waals surface area contributed by atoms with Crippen molar-refractivity contribution in [1.29, 1.82) is 0 Å². The summed E-state index contributed by atoms with van der Waals surface area (Å²) in [6.07, 6.45) is 0. The van der Waals surface area contributed by atoms with Gasteiger partial charge >= 0.3 is 5.97 Å².